The fraction of sp³-hybridized carbons (Fsp3) is 0.368. The van der Waals surface area contributed by atoms with Gasteiger partial charge in [-0.15, -0.1) is 0 Å². The zero-order valence-electron chi connectivity index (χ0n) is 12.9. The lowest BCUT2D eigenvalue weighted by atomic mass is 10.0. The maximum atomic E-state index is 3.72. The summed E-state index contributed by atoms with van der Waals surface area (Å²) in [6.45, 7) is 16.1. The van der Waals surface area contributed by atoms with Gasteiger partial charge in [0.25, 0.3) is 0 Å². The lowest BCUT2D eigenvalue weighted by Crippen LogP contribution is -1.87. The molecule has 1 rings (SSSR count). The van der Waals surface area contributed by atoms with E-state index in [4.69, 9.17) is 0 Å². The smallest absolute Gasteiger partial charge is 0.0219 e. The standard InChI is InChI=1S/C10H16.C9H12/c1-5-7-10(6-2)8-9(3)4;1-8(2)9-6-4-3-5-7-9/h5-7,9H,1-2,8H2,3-4H3;3-8H,1-2H3/b10-7+;. The number of allylic oxidation sites excluding steroid dienone is 4. The quantitative estimate of drug-likeness (QED) is 0.555. The van der Waals surface area contributed by atoms with Crippen LogP contribution in [0.3, 0.4) is 0 Å². The molecule has 0 saturated heterocycles. The first-order valence-corrected chi connectivity index (χ1v) is 7.00. The molecule has 0 aliphatic heterocycles. The first-order valence-electron chi connectivity index (χ1n) is 7.00. The molecule has 19 heavy (non-hydrogen) atoms. The molecule has 0 unspecified atom stereocenters. The Morgan fingerprint density at radius 1 is 1.05 bits per heavy atom. The molecule has 0 aliphatic rings. The number of rotatable bonds is 5. The van der Waals surface area contributed by atoms with Crippen LogP contribution in [-0.2, 0) is 0 Å². The highest BCUT2D eigenvalue weighted by Gasteiger charge is 1.94. The Bertz CT molecular complexity index is 380. The maximum Gasteiger partial charge on any atom is -0.0219 e. The van der Waals surface area contributed by atoms with Gasteiger partial charge in [0.15, 0.2) is 0 Å². The van der Waals surface area contributed by atoms with Gasteiger partial charge in [-0.25, -0.2) is 0 Å². The molecule has 0 amide bonds. The van der Waals surface area contributed by atoms with Crippen molar-refractivity contribution in [2.45, 2.75) is 40.0 Å². The topological polar surface area (TPSA) is 0 Å². The minimum atomic E-state index is 0.659. The Balaban J connectivity index is 0.000000342. The predicted molar refractivity (Wildman–Crippen MR) is 88.5 cm³/mol. The Morgan fingerprint density at radius 3 is 1.95 bits per heavy atom. The van der Waals surface area contributed by atoms with Crippen LogP contribution in [0.4, 0.5) is 0 Å². The summed E-state index contributed by atoms with van der Waals surface area (Å²) < 4.78 is 0. The van der Waals surface area contributed by atoms with Gasteiger partial charge in [0.05, 0.1) is 0 Å². The van der Waals surface area contributed by atoms with E-state index in [-0.39, 0.29) is 0 Å². The van der Waals surface area contributed by atoms with Crippen LogP contribution in [0.5, 0.6) is 0 Å². The van der Waals surface area contributed by atoms with Crippen molar-refractivity contribution < 1.29 is 0 Å². The van der Waals surface area contributed by atoms with E-state index in [2.05, 4.69) is 65.1 Å². The molecule has 0 nitrogen and oxygen atoms in total. The van der Waals surface area contributed by atoms with Crippen molar-refractivity contribution in [1.29, 1.82) is 0 Å². The van der Waals surface area contributed by atoms with Gasteiger partial charge in [-0.2, -0.15) is 0 Å². The van der Waals surface area contributed by atoms with E-state index in [1.54, 1.807) is 6.08 Å². The molecule has 0 heterocycles. The summed E-state index contributed by atoms with van der Waals surface area (Å²) in [6, 6.07) is 10.5. The van der Waals surface area contributed by atoms with Crippen LogP contribution < -0.4 is 0 Å². The molecule has 1 aromatic rings. The highest BCUT2D eigenvalue weighted by Crippen LogP contribution is 2.12. The van der Waals surface area contributed by atoms with E-state index in [1.807, 2.05) is 18.2 Å². The molecule has 0 spiro atoms. The highest BCUT2D eigenvalue weighted by atomic mass is 14.0. The lowest BCUT2D eigenvalue weighted by Gasteiger charge is -2.03. The highest BCUT2D eigenvalue weighted by molar-refractivity contribution is 5.21. The van der Waals surface area contributed by atoms with Crippen molar-refractivity contribution in [3.63, 3.8) is 0 Å². The van der Waals surface area contributed by atoms with Crippen molar-refractivity contribution in [2.24, 2.45) is 5.92 Å². The summed E-state index contributed by atoms with van der Waals surface area (Å²) in [5.74, 6) is 1.36. The van der Waals surface area contributed by atoms with E-state index < -0.39 is 0 Å². The minimum Gasteiger partial charge on any atom is -0.0991 e. The average Bonchev–Trinajstić information content (AvgIpc) is 2.39. The number of hydrogen-bond acceptors (Lipinski definition) is 0. The molecule has 104 valence electrons. The first-order chi connectivity index (χ1) is 9.01. The third-order valence-electron chi connectivity index (χ3n) is 2.70. The van der Waals surface area contributed by atoms with Crippen molar-refractivity contribution in [2.75, 3.05) is 0 Å². The number of benzene rings is 1. The molecular formula is C19H28. The fourth-order valence-electron chi connectivity index (χ4n) is 1.68. The summed E-state index contributed by atoms with van der Waals surface area (Å²) in [5, 5.41) is 0. The summed E-state index contributed by atoms with van der Waals surface area (Å²) >= 11 is 0. The van der Waals surface area contributed by atoms with Crippen molar-refractivity contribution in [3.8, 4) is 0 Å². The second kappa shape index (κ2) is 10.4. The van der Waals surface area contributed by atoms with Gasteiger partial charge in [-0.1, -0.05) is 89.4 Å². The molecule has 0 radical (unpaired) electrons. The second-order valence-corrected chi connectivity index (χ2v) is 5.34. The van der Waals surface area contributed by atoms with Crippen LogP contribution in [0.1, 0.15) is 45.6 Å². The van der Waals surface area contributed by atoms with Gasteiger partial charge in [-0.3, -0.25) is 0 Å². The zero-order chi connectivity index (χ0) is 14.7. The van der Waals surface area contributed by atoms with Crippen LogP contribution in [-0.4, -0.2) is 0 Å². The van der Waals surface area contributed by atoms with E-state index in [0.29, 0.717) is 11.8 Å². The summed E-state index contributed by atoms with van der Waals surface area (Å²) in [6.07, 6.45) is 6.80. The Labute approximate surface area is 119 Å². The lowest BCUT2D eigenvalue weighted by molar-refractivity contribution is 0.650. The monoisotopic (exact) mass is 256 g/mol. The largest absolute Gasteiger partial charge is 0.0991 e. The fourth-order valence-corrected chi connectivity index (χ4v) is 1.68. The van der Waals surface area contributed by atoms with Crippen LogP contribution in [0.25, 0.3) is 0 Å². The molecule has 0 heteroatoms. The van der Waals surface area contributed by atoms with Crippen LogP contribution in [0.15, 0.2) is 67.3 Å². The maximum absolute atomic E-state index is 3.72. The molecule has 0 aromatic heterocycles. The molecule has 0 N–H and O–H groups in total. The Morgan fingerprint density at radius 2 is 1.63 bits per heavy atom. The number of hydrogen-bond donors (Lipinski definition) is 0. The van der Waals surface area contributed by atoms with Crippen molar-refractivity contribution in [1.82, 2.24) is 0 Å². The first kappa shape index (κ1) is 17.4. The molecule has 1 aromatic carbocycles. The van der Waals surface area contributed by atoms with E-state index >= 15 is 0 Å². The third kappa shape index (κ3) is 9.07. The Kier molecular flexibility index (Phi) is 9.52. The van der Waals surface area contributed by atoms with E-state index in [1.165, 1.54) is 11.1 Å². The molecule has 0 atom stereocenters. The average molecular weight is 256 g/mol. The van der Waals surface area contributed by atoms with E-state index in [9.17, 15) is 0 Å². The molecule has 0 aliphatic carbocycles. The van der Waals surface area contributed by atoms with Crippen LogP contribution >= 0.6 is 0 Å². The Hall–Kier alpha value is -1.56. The minimum absolute atomic E-state index is 0.659. The SMILES string of the molecule is C=C/C=C(\C=C)CC(C)C.CC(C)c1ccccc1. The van der Waals surface area contributed by atoms with Gasteiger partial charge < -0.3 is 0 Å². The van der Waals surface area contributed by atoms with Crippen molar-refractivity contribution >= 4 is 0 Å². The van der Waals surface area contributed by atoms with Gasteiger partial charge in [0.2, 0.25) is 0 Å². The molecule has 0 fully saturated rings. The summed E-state index contributed by atoms with van der Waals surface area (Å²) in [7, 11) is 0. The van der Waals surface area contributed by atoms with Gasteiger partial charge in [-0.05, 0) is 29.4 Å². The van der Waals surface area contributed by atoms with Crippen LogP contribution in [0, 0.1) is 5.92 Å². The zero-order valence-corrected chi connectivity index (χ0v) is 12.9. The van der Waals surface area contributed by atoms with Crippen molar-refractivity contribution in [3.05, 3.63) is 72.9 Å². The molecule has 0 saturated carbocycles. The molecular weight excluding hydrogens is 228 g/mol. The van der Waals surface area contributed by atoms with Gasteiger partial charge in [0, 0.05) is 0 Å². The third-order valence-corrected chi connectivity index (χ3v) is 2.70. The normalized spacial score (nSPS) is 10.9. The molecule has 0 bridgehead atoms. The van der Waals surface area contributed by atoms with Crippen LogP contribution in [0.2, 0.25) is 0 Å². The van der Waals surface area contributed by atoms with Gasteiger partial charge >= 0.3 is 0 Å². The summed E-state index contributed by atoms with van der Waals surface area (Å²) in [4.78, 5) is 0. The van der Waals surface area contributed by atoms with Gasteiger partial charge in [0.1, 0.15) is 0 Å². The second-order valence-electron chi connectivity index (χ2n) is 5.34. The predicted octanol–water partition coefficient (Wildman–Crippen LogP) is 6.14. The summed E-state index contributed by atoms with van der Waals surface area (Å²) in [5.41, 5.74) is 2.68. The van der Waals surface area contributed by atoms with E-state index in [0.717, 1.165) is 6.42 Å².